The topological polar surface area (TPSA) is 70.7 Å². The molecule has 3 aromatic rings. The number of hydrogen-bond acceptors (Lipinski definition) is 5. The van der Waals surface area contributed by atoms with Gasteiger partial charge >= 0.3 is 0 Å². The highest BCUT2D eigenvalue weighted by molar-refractivity contribution is 5.93. The summed E-state index contributed by atoms with van der Waals surface area (Å²) in [5, 5.41) is 7.15. The first kappa shape index (κ1) is 18.6. The Morgan fingerprint density at radius 3 is 2.70 bits per heavy atom. The third kappa shape index (κ3) is 3.73. The number of nitrogens with zero attached hydrogens (tertiary/aromatic N) is 3. The normalized spacial score (nSPS) is 16.1. The molecule has 3 heterocycles. The quantitative estimate of drug-likeness (QED) is 0.719. The fourth-order valence-corrected chi connectivity index (χ4v) is 3.81. The molecule has 5 rings (SSSR count). The zero-order chi connectivity index (χ0) is 20.5. The zero-order valence-corrected chi connectivity index (χ0v) is 16.3. The van der Waals surface area contributed by atoms with Crippen molar-refractivity contribution in [1.82, 2.24) is 20.0 Å². The summed E-state index contributed by atoms with van der Waals surface area (Å²) in [4.78, 5) is 16.9. The summed E-state index contributed by atoms with van der Waals surface area (Å²) in [6.45, 7) is 3.61. The maximum atomic E-state index is 13.4. The molecule has 0 spiro atoms. The number of rotatable bonds is 4. The van der Waals surface area contributed by atoms with Crippen molar-refractivity contribution in [2.45, 2.75) is 6.54 Å². The van der Waals surface area contributed by atoms with Gasteiger partial charge in [0.05, 0.1) is 5.69 Å². The summed E-state index contributed by atoms with van der Waals surface area (Å²) in [6, 6.07) is 14.0. The Balaban J connectivity index is 1.21. The van der Waals surface area contributed by atoms with E-state index in [0.717, 1.165) is 24.2 Å². The van der Waals surface area contributed by atoms with Crippen LogP contribution in [-0.2, 0) is 6.54 Å². The van der Waals surface area contributed by atoms with E-state index in [1.807, 2.05) is 29.2 Å². The summed E-state index contributed by atoms with van der Waals surface area (Å²) in [5.74, 6) is 1.10. The number of aromatic amines is 1. The van der Waals surface area contributed by atoms with Crippen LogP contribution in [-0.4, -0.2) is 58.9 Å². The van der Waals surface area contributed by atoms with Crippen LogP contribution in [0.4, 0.5) is 4.39 Å². The first-order valence-electron chi connectivity index (χ1n) is 9.87. The smallest absolute Gasteiger partial charge is 0.271 e. The molecule has 0 unspecified atom stereocenters. The van der Waals surface area contributed by atoms with E-state index >= 15 is 0 Å². The van der Waals surface area contributed by atoms with Crippen molar-refractivity contribution < 1.29 is 18.7 Å². The molecule has 1 N–H and O–H groups in total. The predicted molar refractivity (Wildman–Crippen MR) is 108 cm³/mol. The van der Waals surface area contributed by atoms with Gasteiger partial charge < -0.3 is 14.4 Å². The van der Waals surface area contributed by atoms with E-state index in [2.05, 4.69) is 15.1 Å². The molecule has 0 saturated carbocycles. The number of ether oxygens (including phenoxy) is 2. The Labute approximate surface area is 173 Å². The minimum Gasteiger partial charge on any atom is -0.454 e. The lowest BCUT2D eigenvalue weighted by molar-refractivity contribution is 0.0622. The minimum atomic E-state index is -0.223. The zero-order valence-electron chi connectivity index (χ0n) is 16.3. The fourth-order valence-electron chi connectivity index (χ4n) is 3.81. The Morgan fingerprint density at radius 1 is 1.03 bits per heavy atom. The lowest BCUT2D eigenvalue weighted by Gasteiger charge is -2.34. The number of amides is 1. The molecule has 2 aromatic carbocycles. The second-order valence-electron chi connectivity index (χ2n) is 7.43. The lowest BCUT2D eigenvalue weighted by atomic mass is 10.1. The van der Waals surface area contributed by atoms with Crippen molar-refractivity contribution in [3.05, 3.63) is 65.6 Å². The monoisotopic (exact) mass is 408 g/mol. The van der Waals surface area contributed by atoms with E-state index in [4.69, 9.17) is 9.47 Å². The predicted octanol–water partition coefficient (Wildman–Crippen LogP) is 2.90. The van der Waals surface area contributed by atoms with Crippen LogP contribution in [0.2, 0.25) is 0 Å². The molecule has 2 aliphatic rings. The molecule has 1 fully saturated rings. The van der Waals surface area contributed by atoms with E-state index in [-0.39, 0.29) is 18.5 Å². The largest absolute Gasteiger partial charge is 0.454 e. The fraction of sp³-hybridized carbons (Fsp3) is 0.273. The van der Waals surface area contributed by atoms with Crippen molar-refractivity contribution in [2.24, 2.45) is 0 Å². The number of carbonyl (C=O) groups is 1. The number of piperazine rings is 1. The molecule has 154 valence electrons. The molecule has 2 aliphatic heterocycles. The molecular weight excluding hydrogens is 387 g/mol. The third-order valence-corrected chi connectivity index (χ3v) is 5.43. The SMILES string of the molecule is O=C(c1cc(-c2ccc3c(c2)OCO3)n[nH]1)N1CCN(Cc2cccc(F)c2)CC1. The van der Waals surface area contributed by atoms with Crippen molar-refractivity contribution in [1.29, 1.82) is 0 Å². The van der Waals surface area contributed by atoms with Crippen LogP contribution in [0.1, 0.15) is 16.1 Å². The van der Waals surface area contributed by atoms with Gasteiger partial charge in [-0.2, -0.15) is 5.10 Å². The number of halogens is 1. The summed E-state index contributed by atoms with van der Waals surface area (Å²) in [5.41, 5.74) is 2.94. The minimum absolute atomic E-state index is 0.0695. The number of nitrogens with one attached hydrogen (secondary N) is 1. The number of aromatic nitrogens is 2. The third-order valence-electron chi connectivity index (χ3n) is 5.43. The Bertz CT molecular complexity index is 1080. The van der Waals surface area contributed by atoms with Gasteiger partial charge in [0.1, 0.15) is 11.5 Å². The van der Waals surface area contributed by atoms with Gasteiger partial charge in [-0.05, 0) is 42.0 Å². The van der Waals surface area contributed by atoms with Crippen LogP contribution in [0.5, 0.6) is 11.5 Å². The van der Waals surface area contributed by atoms with Crippen LogP contribution in [0, 0.1) is 5.82 Å². The number of fused-ring (bicyclic) bond motifs is 1. The molecule has 0 atom stereocenters. The van der Waals surface area contributed by atoms with Crippen molar-refractivity contribution in [3.8, 4) is 22.8 Å². The maximum Gasteiger partial charge on any atom is 0.271 e. The molecule has 8 heteroatoms. The number of H-pyrrole nitrogens is 1. The van der Waals surface area contributed by atoms with Crippen LogP contribution < -0.4 is 9.47 Å². The number of carbonyl (C=O) groups excluding carboxylic acids is 1. The van der Waals surface area contributed by atoms with Crippen molar-refractivity contribution >= 4 is 5.91 Å². The van der Waals surface area contributed by atoms with Crippen LogP contribution >= 0.6 is 0 Å². The average Bonchev–Trinajstić information content (AvgIpc) is 3.43. The molecule has 30 heavy (non-hydrogen) atoms. The first-order chi connectivity index (χ1) is 14.7. The van der Waals surface area contributed by atoms with Crippen LogP contribution in [0.15, 0.2) is 48.5 Å². The van der Waals surface area contributed by atoms with Gasteiger partial charge in [0.15, 0.2) is 11.5 Å². The molecular formula is C22H21FN4O3. The van der Waals surface area contributed by atoms with Crippen molar-refractivity contribution in [3.63, 3.8) is 0 Å². The van der Waals surface area contributed by atoms with Gasteiger partial charge in [-0.15, -0.1) is 0 Å². The molecule has 0 bridgehead atoms. The Hall–Kier alpha value is -3.39. The van der Waals surface area contributed by atoms with Crippen molar-refractivity contribution in [2.75, 3.05) is 33.0 Å². The van der Waals surface area contributed by atoms with E-state index in [1.165, 1.54) is 6.07 Å². The van der Waals surface area contributed by atoms with Crippen LogP contribution in [0.3, 0.4) is 0 Å². The second kappa shape index (κ2) is 7.79. The summed E-state index contributed by atoms with van der Waals surface area (Å²) >= 11 is 0. The van der Waals surface area contributed by atoms with Gasteiger partial charge in [-0.1, -0.05) is 12.1 Å². The van der Waals surface area contributed by atoms with Gasteiger partial charge in [0.25, 0.3) is 5.91 Å². The van der Waals surface area contributed by atoms with Gasteiger partial charge in [0, 0.05) is 38.3 Å². The summed E-state index contributed by atoms with van der Waals surface area (Å²) in [7, 11) is 0. The molecule has 1 amide bonds. The first-order valence-corrected chi connectivity index (χ1v) is 9.87. The van der Waals surface area contributed by atoms with Gasteiger partial charge in [-0.3, -0.25) is 14.8 Å². The average molecular weight is 408 g/mol. The van der Waals surface area contributed by atoms with E-state index in [0.29, 0.717) is 42.5 Å². The molecule has 0 radical (unpaired) electrons. The maximum absolute atomic E-state index is 13.4. The molecule has 7 nitrogen and oxygen atoms in total. The molecule has 1 aromatic heterocycles. The highest BCUT2D eigenvalue weighted by Crippen LogP contribution is 2.35. The van der Waals surface area contributed by atoms with E-state index in [9.17, 15) is 9.18 Å². The Kier molecular flexibility index (Phi) is 4.84. The Morgan fingerprint density at radius 2 is 1.87 bits per heavy atom. The van der Waals surface area contributed by atoms with Crippen LogP contribution in [0.25, 0.3) is 11.3 Å². The van der Waals surface area contributed by atoms with Gasteiger partial charge in [0.2, 0.25) is 6.79 Å². The highest BCUT2D eigenvalue weighted by Gasteiger charge is 2.24. The summed E-state index contributed by atoms with van der Waals surface area (Å²) in [6.07, 6.45) is 0. The standard InChI is InChI=1S/C22H21FN4O3/c23-17-3-1-2-15(10-17)13-26-6-8-27(9-7-26)22(28)19-12-18(24-25-19)16-4-5-20-21(11-16)30-14-29-20/h1-5,10-12H,6-9,13-14H2,(H,24,25). The summed E-state index contributed by atoms with van der Waals surface area (Å²) < 4.78 is 24.1. The highest BCUT2D eigenvalue weighted by atomic mass is 19.1. The molecule has 1 saturated heterocycles. The number of benzene rings is 2. The number of hydrogen-bond donors (Lipinski definition) is 1. The molecule has 0 aliphatic carbocycles. The lowest BCUT2D eigenvalue weighted by Crippen LogP contribution is -2.48. The van der Waals surface area contributed by atoms with E-state index in [1.54, 1.807) is 18.2 Å². The van der Waals surface area contributed by atoms with E-state index < -0.39 is 0 Å². The second-order valence-corrected chi connectivity index (χ2v) is 7.43. The van der Waals surface area contributed by atoms with Gasteiger partial charge in [-0.25, -0.2) is 4.39 Å².